The van der Waals surface area contributed by atoms with Crippen molar-refractivity contribution in [2.75, 3.05) is 32.9 Å². The minimum atomic E-state index is 0.109. The zero-order valence-electron chi connectivity index (χ0n) is 11.9. The van der Waals surface area contributed by atoms with E-state index in [0.29, 0.717) is 0 Å². The van der Waals surface area contributed by atoms with Gasteiger partial charge in [0.2, 0.25) is 0 Å². The predicted octanol–water partition coefficient (Wildman–Crippen LogP) is 2.61. The topological polar surface area (TPSA) is 24.5 Å². The smallest absolute Gasteiger partial charge is 0.0974 e. The Hall–Kier alpha value is -0.120. The van der Waals surface area contributed by atoms with Crippen molar-refractivity contribution in [3.05, 3.63) is 0 Å². The fourth-order valence-electron chi connectivity index (χ4n) is 2.49. The first kappa shape index (κ1) is 14.9. The van der Waals surface area contributed by atoms with Crippen LogP contribution in [0.5, 0.6) is 0 Å². The monoisotopic (exact) mass is 242 g/mol. The molecule has 0 aromatic heterocycles. The molecule has 102 valence electrons. The van der Waals surface area contributed by atoms with Crippen LogP contribution in [0.4, 0.5) is 0 Å². The van der Waals surface area contributed by atoms with Crippen LogP contribution in [0, 0.1) is 0 Å². The normalized spacial score (nSPS) is 24.7. The largest absolute Gasteiger partial charge is 0.358 e. The molecule has 0 spiro atoms. The summed E-state index contributed by atoms with van der Waals surface area (Å²) in [4.78, 5) is 2.60. The highest BCUT2D eigenvalue weighted by Gasteiger charge is 2.33. The van der Waals surface area contributed by atoms with Gasteiger partial charge in [0.25, 0.3) is 0 Å². The second-order valence-corrected chi connectivity index (χ2v) is 5.20. The van der Waals surface area contributed by atoms with E-state index in [0.717, 1.165) is 19.7 Å². The average molecular weight is 242 g/mol. The van der Waals surface area contributed by atoms with Crippen molar-refractivity contribution in [1.82, 2.24) is 10.2 Å². The summed E-state index contributed by atoms with van der Waals surface area (Å²) in [5.41, 5.74) is 0.109. The third kappa shape index (κ3) is 4.94. The summed E-state index contributed by atoms with van der Waals surface area (Å²) in [6, 6.07) is 0. The molecule has 1 heterocycles. The molecule has 17 heavy (non-hydrogen) atoms. The lowest BCUT2D eigenvalue weighted by Crippen LogP contribution is -2.38. The molecule has 1 rings (SSSR count). The van der Waals surface area contributed by atoms with E-state index in [1.165, 1.54) is 45.3 Å². The summed E-state index contributed by atoms with van der Waals surface area (Å²) in [5, 5.41) is 3.32. The fraction of sp³-hybridized carbons (Fsp3) is 1.00. The Morgan fingerprint density at radius 2 is 1.94 bits per heavy atom. The van der Waals surface area contributed by atoms with E-state index >= 15 is 0 Å². The molecular formula is C14H30N2O. The van der Waals surface area contributed by atoms with Crippen LogP contribution in [0.3, 0.4) is 0 Å². The highest BCUT2D eigenvalue weighted by molar-refractivity contribution is 4.86. The maximum Gasteiger partial charge on any atom is 0.0974 e. The van der Waals surface area contributed by atoms with Gasteiger partial charge in [-0.25, -0.2) is 0 Å². The molecule has 1 saturated heterocycles. The minimum Gasteiger partial charge on any atom is -0.358 e. The standard InChI is InChI=1S/C14H30N2O/c1-4-7-10-16(9-5-2)11-8-14(6-3)12-15-13-17-14/h15H,4-13H2,1-3H3. The molecule has 0 amide bonds. The highest BCUT2D eigenvalue weighted by Crippen LogP contribution is 2.23. The zero-order valence-corrected chi connectivity index (χ0v) is 11.9. The van der Waals surface area contributed by atoms with Crippen LogP contribution in [0.2, 0.25) is 0 Å². The van der Waals surface area contributed by atoms with Crippen molar-refractivity contribution in [2.45, 2.75) is 58.5 Å². The zero-order chi connectivity index (χ0) is 12.6. The summed E-state index contributed by atoms with van der Waals surface area (Å²) in [6.07, 6.45) is 6.14. The molecule has 0 radical (unpaired) electrons. The molecule has 1 atom stereocenters. The number of rotatable bonds is 9. The lowest BCUT2D eigenvalue weighted by molar-refractivity contribution is -0.00599. The van der Waals surface area contributed by atoms with Crippen LogP contribution >= 0.6 is 0 Å². The van der Waals surface area contributed by atoms with Gasteiger partial charge in [-0.05, 0) is 38.8 Å². The SMILES string of the molecule is CCCCN(CCC)CCC1(CC)CNCO1. The molecular weight excluding hydrogens is 212 g/mol. The summed E-state index contributed by atoms with van der Waals surface area (Å²) in [6.45, 7) is 12.2. The quantitative estimate of drug-likeness (QED) is 0.672. The average Bonchev–Trinajstić information content (AvgIpc) is 2.82. The first-order valence-electron chi connectivity index (χ1n) is 7.33. The molecule has 0 saturated carbocycles. The second kappa shape index (κ2) is 8.06. The summed E-state index contributed by atoms with van der Waals surface area (Å²) >= 11 is 0. The van der Waals surface area contributed by atoms with Crippen molar-refractivity contribution in [3.8, 4) is 0 Å². The number of nitrogens with zero attached hydrogens (tertiary/aromatic N) is 1. The van der Waals surface area contributed by atoms with Gasteiger partial charge in [-0.3, -0.25) is 5.32 Å². The van der Waals surface area contributed by atoms with Gasteiger partial charge in [-0.15, -0.1) is 0 Å². The van der Waals surface area contributed by atoms with Crippen LogP contribution in [-0.4, -0.2) is 43.4 Å². The molecule has 0 aromatic rings. The molecule has 1 fully saturated rings. The Bertz CT molecular complexity index is 191. The van der Waals surface area contributed by atoms with Crippen LogP contribution in [-0.2, 0) is 4.74 Å². The fourth-order valence-corrected chi connectivity index (χ4v) is 2.49. The van der Waals surface area contributed by atoms with Gasteiger partial charge in [0.15, 0.2) is 0 Å². The van der Waals surface area contributed by atoms with E-state index in [2.05, 4.69) is 31.0 Å². The van der Waals surface area contributed by atoms with E-state index < -0.39 is 0 Å². The van der Waals surface area contributed by atoms with Gasteiger partial charge in [0, 0.05) is 13.1 Å². The van der Waals surface area contributed by atoms with E-state index in [9.17, 15) is 0 Å². The molecule has 1 unspecified atom stereocenters. The van der Waals surface area contributed by atoms with Crippen LogP contribution in [0.25, 0.3) is 0 Å². The number of unbranched alkanes of at least 4 members (excludes halogenated alkanes) is 1. The summed E-state index contributed by atoms with van der Waals surface area (Å²) < 4.78 is 5.88. The molecule has 3 nitrogen and oxygen atoms in total. The van der Waals surface area contributed by atoms with Gasteiger partial charge in [-0.1, -0.05) is 27.2 Å². The third-order valence-corrected chi connectivity index (χ3v) is 3.82. The number of nitrogens with one attached hydrogen (secondary N) is 1. The van der Waals surface area contributed by atoms with Gasteiger partial charge in [-0.2, -0.15) is 0 Å². The van der Waals surface area contributed by atoms with Gasteiger partial charge >= 0.3 is 0 Å². The maximum absolute atomic E-state index is 5.88. The number of ether oxygens (including phenoxy) is 1. The lowest BCUT2D eigenvalue weighted by Gasteiger charge is -2.30. The molecule has 0 aliphatic carbocycles. The van der Waals surface area contributed by atoms with E-state index in [4.69, 9.17) is 4.74 Å². The van der Waals surface area contributed by atoms with Crippen LogP contribution in [0.1, 0.15) is 52.9 Å². The van der Waals surface area contributed by atoms with Crippen molar-refractivity contribution >= 4 is 0 Å². The van der Waals surface area contributed by atoms with Gasteiger partial charge in [0.1, 0.15) is 0 Å². The van der Waals surface area contributed by atoms with E-state index in [-0.39, 0.29) is 5.60 Å². The Kier molecular flexibility index (Phi) is 7.09. The maximum atomic E-state index is 5.88. The first-order valence-corrected chi connectivity index (χ1v) is 7.33. The predicted molar refractivity (Wildman–Crippen MR) is 73.2 cm³/mol. The van der Waals surface area contributed by atoms with E-state index in [1.807, 2.05) is 0 Å². The second-order valence-electron chi connectivity index (χ2n) is 5.20. The van der Waals surface area contributed by atoms with Crippen molar-refractivity contribution in [2.24, 2.45) is 0 Å². The Morgan fingerprint density at radius 1 is 1.12 bits per heavy atom. The first-order chi connectivity index (χ1) is 8.26. The molecule has 1 aliphatic heterocycles. The molecule has 1 aliphatic rings. The van der Waals surface area contributed by atoms with Crippen LogP contribution in [0.15, 0.2) is 0 Å². The van der Waals surface area contributed by atoms with Gasteiger partial charge < -0.3 is 9.64 Å². The van der Waals surface area contributed by atoms with Gasteiger partial charge in [0.05, 0.1) is 12.3 Å². The molecule has 3 heteroatoms. The lowest BCUT2D eigenvalue weighted by atomic mass is 9.96. The Balaban J connectivity index is 2.33. The Labute approximate surface area is 107 Å². The molecule has 0 bridgehead atoms. The molecule has 1 N–H and O–H groups in total. The van der Waals surface area contributed by atoms with Crippen LogP contribution < -0.4 is 5.32 Å². The third-order valence-electron chi connectivity index (χ3n) is 3.82. The highest BCUT2D eigenvalue weighted by atomic mass is 16.5. The van der Waals surface area contributed by atoms with Crippen molar-refractivity contribution < 1.29 is 4.74 Å². The van der Waals surface area contributed by atoms with E-state index in [1.54, 1.807) is 0 Å². The number of hydrogen-bond acceptors (Lipinski definition) is 3. The number of hydrogen-bond donors (Lipinski definition) is 1. The summed E-state index contributed by atoms with van der Waals surface area (Å²) in [7, 11) is 0. The van der Waals surface area contributed by atoms with Crippen molar-refractivity contribution in [3.63, 3.8) is 0 Å². The van der Waals surface area contributed by atoms with Crippen molar-refractivity contribution in [1.29, 1.82) is 0 Å². The molecule has 0 aromatic carbocycles. The summed E-state index contributed by atoms with van der Waals surface area (Å²) in [5.74, 6) is 0. The Morgan fingerprint density at radius 3 is 2.47 bits per heavy atom. The minimum absolute atomic E-state index is 0.109.